The van der Waals surface area contributed by atoms with Crippen molar-refractivity contribution < 1.29 is 13.6 Å². The van der Waals surface area contributed by atoms with E-state index < -0.39 is 23.7 Å². The van der Waals surface area contributed by atoms with E-state index in [1.807, 2.05) is 6.07 Å². The van der Waals surface area contributed by atoms with Crippen LogP contribution in [-0.4, -0.2) is 22.4 Å². The van der Waals surface area contributed by atoms with Gasteiger partial charge in [-0.25, -0.2) is 13.6 Å². The molecule has 2 aromatic rings. The largest absolute Gasteiger partial charge is 0.336 e. The standard InChI is InChI=1S/C16H17F2N5O/c1-2-15(13-7-12(17)3-4-14(13)18)22-16(24)20-5-6-23-10-11(8-19)9-21-23/h3-4,7,9-10,15H,2,5-6H2,1H3,(H2,20,22,24). The van der Waals surface area contributed by atoms with Crippen LogP contribution in [0, 0.1) is 23.0 Å². The van der Waals surface area contributed by atoms with Crippen LogP contribution in [0.25, 0.3) is 0 Å². The second-order valence-electron chi connectivity index (χ2n) is 5.13. The number of urea groups is 1. The first kappa shape index (κ1) is 17.4. The number of halogens is 2. The van der Waals surface area contributed by atoms with Crippen molar-refractivity contribution in [3.63, 3.8) is 0 Å². The minimum atomic E-state index is -0.629. The van der Waals surface area contributed by atoms with Crippen molar-refractivity contribution in [3.8, 4) is 6.07 Å². The van der Waals surface area contributed by atoms with Crippen LogP contribution in [0.3, 0.4) is 0 Å². The Kier molecular flexibility index (Phi) is 5.84. The second-order valence-corrected chi connectivity index (χ2v) is 5.13. The van der Waals surface area contributed by atoms with E-state index in [-0.39, 0.29) is 12.1 Å². The van der Waals surface area contributed by atoms with E-state index in [9.17, 15) is 13.6 Å². The van der Waals surface area contributed by atoms with Gasteiger partial charge in [-0.05, 0) is 24.6 Å². The highest BCUT2D eigenvalue weighted by Crippen LogP contribution is 2.20. The van der Waals surface area contributed by atoms with Crippen LogP contribution in [0.2, 0.25) is 0 Å². The highest BCUT2D eigenvalue weighted by molar-refractivity contribution is 5.74. The van der Waals surface area contributed by atoms with E-state index in [4.69, 9.17) is 5.26 Å². The Labute approximate surface area is 138 Å². The number of nitriles is 1. The first-order valence-corrected chi connectivity index (χ1v) is 7.45. The van der Waals surface area contributed by atoms with Crippen molar-refractivity contribution >= 4 is 6.03 Å². The lowest BCUT2D eigenvalue weighted by Crippen LogP contribution is -2.39. The summed E-state index contributed by atoms with van der Waals surface area (Å²) in [6, 6.07) is 3.99. The molecule has 2 rings (SSSR count). The van der Waals surface area contributed by atoms with Crippen LogP contribution in [0.15, 0.2) is 30.6 Å². The number of nitrogens with one attached hydrogen (secondary N) is 2. The molecule has 8 heteroatoms. The maximum absolute atomic E-state index is 13.8. The van der Waals surface area contributed by atoms with Crippen molar-refractivity contribution in [1.82, 2.24) is 20.4 Å². The van der Waals surface area contributed by atoms with E-state index in [1.54, 1.807) is 13.1 Å². The number of amides is 2. The molecule has 1 atom stereocenters. The fraction of sp³-hybridized carbons (Fsp3) is 0.312. The van der Waals surface area contributed by atoms with Gasteiger partial charge >= 0.3 is 6.03 Å². The van der Waals surface area contributed by atoms with Crippen LogP contribution in [0.4, 0.5) is 13.6 Å². The van der Waals surface area contributed by atoms with E-state index in [0.717, 1.165) is 18.2 Å². The lowest BCUT2D eigenvalue weighted by Gasteiger charge is -2.18. The average Bonchev–Trinajstić information content (AvgIpc) is 3.03. The van der Waals surface area contributed by atoms with E-state index in [1.165, 1.54) is 10.9 Å². The summed E-state index contributed by atoms with van der Waals surface area (Å²) in [7, 11) is 0. The number of nitrogens with zero attached hydrogens (tertiary/aromatic N) is 3. The minimum absolute atomic E-state index is 0.110. The van der Waals surface area contributed by atoms with Gasteiger partial charge in [-0.15, -0.1) is 0 Å². The summed E-state index contributed by atoms with van der Waals surface area (Å²) < 4.78 is 28.6. The normalized spacial score (nSPS) is 11.6. The van der Waals surface area contributed by atoms with Crippen molar-refractivity contribution in [2.75, 3.05) is 6.54 Å². The molecular formula is C16H17F2N5O. The molecule has 0 aliphatic heterocycles. The summed E-state index contributed by atoms with van der Waals surface area (Å²) in [6.45, 7) is 2.43. The molecule has 0 aliphatic carbocycles. The quantitative estimate of drug-likeness (QED) is 0.852. The van der Waals surface area contributed by atoms with Crippen molar-refractivity contribution in [2.45, 2.75) is 25.9 Å². The van der Waals surface area contributed by atoms with Crippen LogP contribution in [0.5, 0.6) is 0 Å². The Balaban J connectivity index is 1.88. The maximum atomic E-state index is 13.8. The van der Waals surface area contributed by atoms with Gasteiger partial charge in [0.1, 0.15) is 17.7 Å². The number of benzene rings is 1. The molecule has 2 amide bonds. The first-order chi connectivity index (χ1) is 11.5. The molecule has 0 radical (unpaired) electrons. The molecule has 2 N–H and O–H groups in total. The number of rotatable bonds is 6. The molecule has 1 aromatic carbocycles. The Morgan fingerprint density at radius 3 is 2.92 bits per heavy atom. The third-order valence-corrected chi connectivity index (χ3v) is 3.44. The summed E-state index contributed by atoms with van der Waals surface area (Å²) in [4.78, 5) is 11.9. The highest BCUT2D eigenvalue weighted by atomic mass is 19.1. The fourth-order valence-corrected chi connectivity index (χ4v) is 2.22. The predicted molar refractivity (Wildman–Crippen MR) is 82.9 cm³/mol. The van der Waals surface area contributed by atoms with Crippen molar-refractivity contribution in [2.24, 2.45) is 0 Å². The lowest BCUT2D eigenvalue weighted by molar-refractivity contribution is 0.236. The van der Waals surface area contributed by atoms with Crippen LogP contribution >= 0.6 is 0 Å². The zero-order chi connectivity index (χ0) is 17.5. The summed E-state index contributed by atoms with van der Waals surface area (Å²) >= 11 is 0. The zero-order valence-corrected chi connectivity index (χ0v) is 13.1. The topological polar surface area (TPSA) is 82.7 Å². The van der Waals surface area contributed by atoms with Gasteiger partial charge in [0.25, 0.3) is 0 Å². The molecule has 0 bridgehead atoms. The van der Waals surface area contributed by atoms with Crippen LogP contribution in [-0.2, 0) is 6.54 Å². The number of aromatic nitrogens is 2. The van der Waals surface area contributed by atoms with Gasteiger partial charge in [-0.3, -0.25) is 4.68 Å². The Bertz CT molecular complexity index is 753. The maximum Gasteiger partial charge on any atom is 0.315 e. The molecule has 24 heavy (non-hydrogen) atoms. The van der Waals surface area contributed by atoms with E-state index in [2.05, 4.69) is 15.7 Å². The highest BCUT2D eigenvalue weighted by Gasteiger charge is 2.17. The summed E-state index contributed by atoms with van der Waals surface area (Å²) in [5.74, 6) is -1.12. The van der Waals surface area contributed by atoms with Gasteiger partial charge in [-0.1, -0.05) is 6.92 Å². The molecule has 0 saturated heterocycles. The summed E-state index contributed by atoms with van der Waals surface area (Å²) in [5.41, 5.74) is 0.547. The minimum Gasteiger partial charge on any atom is -0.336 e. The molecule has 0 saturated carbocycles. The third-order valence-electron chi connectivity index (χ3n) is 3.44. The van der Waals surface area contributed by atoms with Crippen molar-refractivity contribution in [1.29, 1.82) is 5.26 Å². The Morgan fingerprint density at radius 1 is 1.46 bits per heavy atom. The van der Waals surface area contributed by atoms with Gasteiger partial charge in [0, 0.05) is 18.3 Å². The Morgan fingerprint density at radius 2 is 2.25 bits per heavy atom. The van der Waals surface area contributed by atoms with Gasteiger partial charge in [-0.2, -0.15) is 10.4 Å². The van der Waals surface area contributed by atoms with Crippen molar-refractivity contribution in [3.05, 3.63) is 53.4 Å². The molecule has 126 valence electrons. The van der Waals surface area contributed by atoms with E-state index >= 15 is 0 Å². The van der Waals surface area contributed by atoms with E-state index in [0.29, 0.717) is 18.5 Å². The number of carbonyl (C=O) groups is 1. The predicted octanol–water partition coefficient (Wildman–Crippen LogP) is 2.48. The molecule has 0 fully saturated rings. The fourth-order valence-electron chi connectivity index (χ4n) is 2.22. The smallest absolute Gasteiger partial charge is 0.315 e. The average molecular weight is 333 g/mol. The zero-order valence-electron chi connectivity index (χ0n) is 13.1. The monoisotopic (exact) mass is 333 g/mol. The lowest BCUT2D eigenvalue weighted by atomic mass is 10.0. The molecule has 6 nitrogen and oxygen atoms in total. The molecule has 1 aromatic heterocycles. The van der Waals surface area contributed by atoms with Gasteiger partial charge in [0.05, 0.1) is 24.3 Å². The molecule has 0 spiro atoms. The molecular weight excluding hydrogens is 316 g/mol. The second kappa shape index (κ2) is 8.06. The van der Waals surface area contributed by atoms with Gasteiger partial charge in [0.2, 0.25) is 0 Å². The third kappa shape index (κ3) is 4.52. The summed E-state index contributed by atoms with van der Waals surface area (Å²) in [6.07, 6.45) is 3.41. The molecule has 0 aliphatic rings. The van der Waals surface area contributed by atoms with Crippen LogP contribution < -0.4 is 10.6 Å². The SMILES string of the molecule is CCC(NC(=O)NCCn1cc(C#N)cn1)c1cc(F)ccc1F. The number of hydrogen-bond acceptors (Lipinski definition) is 3. The number of carbonyl (C=O) groups excluding carboxylic acids is 1. The molecule has 1 unspecified atom stereocenters. The molecule has 1 heterocycles. The summed E-state index contributed by atoms with van der Waals surface area (Å²) in [5, 5.41) is 17.9. The van der Waals surface area contributed by atoms with Crippen LogP contribution in [0.1, 0.15) is 30.5 Å². The Hall–Kier alpha value is -2.95. The van der Waals surface area contributed by atoms with Gasteiger partial charge in [0.15, 0.2) is 0 Å². The first-order valence-electron chi connectivity index (χ1n) is 7.45. The number of hydrogen-bond donors (Lipinski definition) is 2. The van der Waals surface area contributed by atoms with Gasteiger partial charge < -0.3 is 10.6 Å².